The van der Waals surface area contributed by atoms with E-state index in [1.807, 2.05) is 23.0 Å². The minimum absolute atomic E-state index is 0.0461. The van der Waals surface area contributed by atoms with E-state index in [9.17, 15) is 0 Å². The number of pyridine rings is 1. The van der Waals surface area contributed by atoms with Gasteiger partial charge in [0.15, 0.2) is 0 Å². The van der Waals surface area contributed by atoms with Gasteiger partial charge in [-0.3, -0.25) is 4.98 Å². The first-order valence-electron chi connectivity index (χ1n) is 9.15. The van der Waals surface area contributed by atoms with Crippen molar-refractivity contribution in [1.82, 2.24) is 19.6 Å². The number of rotatable bonds is 3. The molecule has 0 unspecified atom stereocenters. The Balaban J connectivity index is 1.70. The van der Waals surface area contributed by atoms with Crippen molar-refractivity contribution in [3.8, 4) is 0 Å². The zero-order chi connectivity index (χ0) is 18.5. The fourth-order valence-electron chi connectivity index (χ4n) is 3.78. The molecular formula is C22H26N4. The molecule has 0 aromatic carbocycles. The number of H-pyrrole nitrogens is 1. The third kappa shape index (κ3) is 2.79. The smallest absolute Gasteiger partial charge is 0.0916 e. The zero-order valence-corrected chi connectivity index (χ0v) is 16.2. The lowest BCUT2D eigenvalue weighted by atomic mass is 9.83. The Hall–Kier alpha value is -2.62. The molecule has 4 heterocycles. The lowest BCUT2D eigenvalue weighted by Crippen LogP contribution is -2.23. The second-order valence-electron chi connectivity index (χ2n) is 8.83. The summed E-state index contributed by atoms with van der Waals surface area (Å²) in [5.74, 6) is 0. The highest BCUT2D eigenvalue weighted by molar-refractivity contribution is 5.80. The molecule has 0 atom stereocenters. The molecule has 0 amide bonds. The van der Waals surface area contributed by atoms with Gasteiger partial charge in [0.25, 0.3) is 0 Å². The van der Waals surface area contributed by atoms with Gasteiger partial charge in [-0.1, -0.05) is 34.6 Å². The molecule has 0 fully saturated rings. The van der Waals surface area contributed by atoms with Crippen LogP contribution in [-0.4, -0.2) is 19.6 Å². The average Bonchev–Trinajstić information content (AvgIpc) is 3.18. The Labute approximate surface area is 154 Å². The van der Waals surface area contributed by atoms with Crippen molar-refractivity contribution in [2.45, 2.75) is 51.9 Å². The summed E-state index contributed by atoms with van der Waals surface area (Å²) in [7, 11) is 0. The maximum atomic E-state index is 4.78. The van der Waals surface area contributed by atoms with Crippen molar-refractivity contribution in [2.24, 2.45) is 0 Å². The Morgan fingerprint density at radius 3 is 2.65 bits per heavy atom. The average molecular weight is 346 g/mol. The lowest BCUT2D eigenvalue weighted by Gasteiger charge is -2.24. The van der Waals surface area contributed by atoms with Crippen LogP contribution in [0.2, 0.25) is 0 Å². The minimum Gasteiger partial charge on any atom is -0.360 e. The highest BCUT2D eigenvalue weighted by atomic mass is 15.2. The van der Waals surface area contributed by atoms with Gasteiger partial charge >= 0.3 is 0 Å². The van der Waals surface area contributed by atoms with E-state index in [1.54, 1.807) is 0 Å². The topological polar surface area (TPSA) is 46.0 Å². The first-order chi connectivity index (χ1) is 12.3. The number of nitrogens with one attached hydrogen (secondary N) is 1. The Morgan fingerprint density at radius 2 is 1.88 bits per heavy atom. The number of aromatic amines is 1. The molecule has 0 saturated heterocycles. The summed E-state index contributed by atoms with van der Waals surface area (Å²) < 4.78 is 2.04. The third-order valence-electron chi connectivity index (χ3n) is 5.14. The van der Waals surface area contributed by atoms with E-state index in [4.69, 9.17) is 4.98 Å². The highest BCUT2D eigenvalue weighted by Crippen LogP contribution is 2.32. The van der Waals surface area contributed by atoms with Gasteiger partial charge in [-0.05, 0) is 47.7 Å². The number of fused-ring (bicyclic) bond motifs is 2. The summed E-state index contributed by atoms with van der Waals surface area (Å²) in [5, 5.41) is 4.52. The van der Waals surface area contributed by atoms with E-state index in [-0.39, 0.29) is 10.8 Å². The number of aromatic nitrogens is 4. The SMILES string of the molecule is CC(C)(C)c1c[nH]c2cc(CC(C)(C)c3ccc4cccnn34)cnc12. The van der Waals surface area contributed by atoms with Crippen LogP contribution >= 0.6 is 0 Å². The quantitative estimate of drug-likeness (QED) is 0.565. The number of hydrogen-bond acceptors (Lipinski definition) is 2. The normalized spacial score (nSPS) is 13.0. The molecule has 1 N–H and O–H groups in total. The van der Waals surface area contributed by atoms with Crippen LogP contribution in [0.5, 0.6) is 0 Å². The van der Waals surface area contributed by atoms with E-state index >= 15 is 0 Å². The standard InChI is InChI=1S/C22H26N4/c1-21(2,3)17-14-23-18-11-15(13-24-20(17)18)12-22(4,5)19-9-8-16-7-6-10-25-26(16)19/h6-11,13-14,23H,12H2,1-5H3. The fraction of sp³-hybridized carbons (Fsp3) is 0.364. The van der Waals surface area contributed by atoms with Crippen LogP contribution in [0.1, 0.15) is 51.4 Å². The summed E-state index contributed by atoms with van der Waals surface area (Å²) in [6, 6.07) is 10.6. The third-order valence-corrected chi connectivity index (χ3v) is 5.14. The second-order valence-corrected chi connectivity index (χ2v) is 8.83. The van der Waals surface area contributed by atoms with Crippen LogP contribution < -0.4 is 0 Å². The van der Waals surface area contributed by atoms with Crippen LogP contribution in [0.25, 0.3) is 16.6 Å². The van der Waals surface area contributed by atoms with Crippen LogP contribution in [0.3, 0.4) is 0 Å². The fourth-order valence-corrected chi connectivity index (χ4v) is 3.78. The minimum atomic E-state index is -0.0461. The summed E-state index contributed by atoms with van der Waals surface area (Å²) in [5.41, 5.74) is 7.07. The van der Waals surface area contributed by atoms with Gasteiger partial charge < -0.3 is 4.98 Å². The predicted octanol–water partition coefficient (Wildman–Crippen LogP) is 5.03. The van der Waals surface area contributed by atoms with Gasteiger partial charge in [-0.2, -0.15) is 5.10 Å². The van der Waals surface area contributed by atoms with Crippen LogP contribution in [-0.2, 0) is 17.3 Å². The zero-order valence-electron chi connectivity index (χ0n) is 16.2. The molecule has 0 aliphatic carbocycles. The van der Waals surface area contributed by atoms with Crippen molar-refractivity contribution in [2.75, 3.05) is 0 Å². The maximum Gasteiger partial charge on any atom is 0.0916 e. The molecule has 4 aromatic heterocycles. The molecule has 0 bridgehead atoms. The predicted molar refractivity (Wildman–Crippen MR) is 107 cm³/mol. The largest absolute Gasteiger partial charge is 0.360 e. The van der Waals surface area contributed by atoms with Crippen molar-refractivity contribution < 1.29 is 0 Å². The molecule has 0 aliphatic heterocycles. The highest BCUT2D eigenvalue weighted by Gasteiger charge is 2.26. The van der Waals surface area contributed by atoms with E-state index in [0.717, 1.165) is 23.0 Å². The summed E-state index contributed by atoms with van der Waals surface area (Å²) in [6.45, 7) is 11.2. The molecule has 0 spiro atoms. The van der Waals surface area contributed by atoms with Crippen LogP contribution in [0.15, 0.2) is 48.9 Å². The molecule has 4 aromatic rings. The van der Waals surface area contributed by atoms with Crippen molar-refractivity contribution in [3.05, 3.63) is 65.7 Å². The molecule has 26 heavy (non-hydrogen) atoms. The Kier molecular flexibility index (Phi) is 3.69. The van der Waals surface area contributed by atoms with E-state index in [1.165, 1.54) is 16.8 Å². The van der Waals surface area contributed by atoms with E-state index in [0.29, 0.717) is 0 Å². The van der Waals surface area contributed by atoms with Crippen LogP contribution in [0.4, 0.5) is 0 Å². The maximum absolute atomic E-state index is 4.78. The van der Waals surface area contributed by atoms with Gasteiger partial charge in [-0.25, -0.2) is 4.52 Å². The van der Waals surface area contributed by atoms with Gasteiger partial charge in [0.2, 0.25) is 0 Å². The summed E-state index contributed by atoms with van der Waals surface area (Å²) >= 11 is 0. The van der Waals surface area contributed by atoms with E-state index in [2.05, 4.69) is 75.2 Å². The van der Waals surface area contributed by atoms with E-state index < -0.39 is 0 Å². The van der Waals surface area contributed by atoms with Crippen molar-refractivity contribution in [1.29, 1.82) is 0 Å². The summed E-state index contributed by atoms with van der Waals surface area (Å²) in [6.07, 6.45) is 6.86. The molecular weight excluding hydrogens is 320 g/mol. The summed E-state index contributed by atoms with van der Waals surface area (Å²) in [4.78, 5) is 8.19. The monoisotopic (exact) mass is 346 g/mol. The van der Waals surface area contributed by atoms with Gasteiger partial charge in [0.05, 0.1) is 16.6 Å². The molecule has 0 radical (unpaired) electrons. The van der Waals surface area contributed by atoms with Crippen molar-refractivity contribution >= 4 is 16.6 Å². The Morgan fingerprint density at radius 1 is 1.08 bits per heavy atom. The molecule has 4 heteroatoms. The van der Waals surface area contributed by atoms with Crippen LogP contribution in [0, 0.1) is 0 Å². The molecule has 0 aliphatic rings. The van der Waals surface area contributed by atoms with Gasteiger partial charge in [-0.15, -0.1) is 0 Å². The molecule has 4 rings (SSSR count). The van der Waals surface area contributed by atoms with Gasteiger partial charge in [0, 0.05) is 35.3 Å². The van der Waals surface area contributed by atoms with Crippen molar-refractivity contribution in [3.63, 3.8) is 0 Å². The molecule has 0 saturated carbocycles. The molecule has 134 valence electrons. The number of nitrogens with zero attached hydrogens (tertiary/aromatic N) is 3. The lowest BCUT2D eigenvalue weighted by molar-refractivity contribution is 0.492. The second kappa shape index (κ2) is 5.70. The first kappa shape index (κ1) is 16.8. The molecule has 4 nitrogen and oxygen atoms in total. The number of hydrogen-bond donors (Lipinski definition) is 1. The van der Waals surface area contributed by atoms with Gasteiger partial charge in [0.1, 0.15) is 0 Å². The Bertz CT molecular complexity index is 1080. The first-order valence-corrected chi connectivity index (χ1v) is 9.15.